The van der Waals surface area contributed by atoms with E-state index >= 15 is 0 Å². The molecule has 1 aromatic carbocycles. The first-order valence-corrected chi connectivity index (χ1v) is 14.9. The average molecular weight is 665 g/mol. The van der Waals surface area contributed by atoms with Crippen molar-refractivity contribution in [3.05, 3.63) is 35.9 Å². The van der Waals surface area contributed by atoms with E-state index in [4.69, 9.17) is 15.9 Å². The number of benzene rings is 1. The van der Waals surface area contributed by atoms with Crippen molar-refractivity contribution in [3.8, 4) is 0 Å². The molecule has 0 fully saturated rings. The van der Waals surface area contributed by atoms with Crippen LogP contribution in [0, 0.1) is 5.92 Å². The van der Waals surface area contributed by atoms with Crippen LogP contribution >= 0.6 is 0 Å². The quantitative estimate of drug-likeness (QED) is 0.0769. The monoisotopic (exact) mass is 664 g/mol. The van der Waals surface area contributed by atoms with Gasteiger partial charge in [-0.3, -0.25) is 33.6 Å². The van der Waals surface area contributed by atoms with Gasteiger partial charge in [-0.25, -0.2) is 4.79 Å². The van der Waals surface area contributed by atoms with Crippen LogP contribution < -0.4 is 32.3 Å². The molecule has 0 unspecified atom stereocenters. The summed E-state index contributed by atoms with van der Waals surface area (Å²) in [5.41, 5.74) is 6.18. The summed E-state index contributed by atoms with van der Waals surface area (Å²) in [5, 5.41) is 39.3. The van der Waals surface area contributed by atoms with Gasteiger partial charge in [0.05, 0.1) is 12.5 Å². The van der Waals surface area contributed by atoms with E-state index in [0.717, 1.165) is 0 Å². The second kappa shape index (κ2) is 19.5. The van der Waals surface area contributed by atoms with Gasteiger partial charge in [0.1, 0.15) is 30.2 Å². The van der Waals surface area contributed by atoms with E-state index in [1.165, 1.54) is 13.8 Å². The van der Waals surface area contributed by atoms with Crippen LogP contribution in [0.25, 0.3) is 0 Å². The molecule has 47 heavy (non-hydrogen) atoms. The molecule has 0 bridgehead atoms. The van der Waals surface area contributed by atoms with E-state index in [1.807, 2.05) is 0 Å². The van der Waals surface area contributed by atoms with Gasteiger partial charge >= 0.3 is 17.9 Å². The molecule has 0 aromatic heterocycles. The molecule has 0 saturated carbocycles. The molecule has 1 rings (SSSR count). The zero-order chi connectivity index (χ0) is 35.8. The highest BCUT2D eigenvalue weighted by Crippen LogP contribution is 2.08. The maximum atomic E-state index is 13.2. The molecule has 0 aliphatic rings. The molecule has 10 N–H and O–H groups in total. The minimum Gasteiger partial charge on any atom is -0.481 e. The van der Waals surface area contributed by atoms with Crippen molar-refractivity contribution in [2.45, 2.75) is 96.1 Å². The van der Waals surface area contributed by atoms with Gasteiger partial charge in [-0.05, 0) is 38.2 Å². The Morgan fingerprint density at radius 2 is 1.13 bits per heavy atom. The van der Waals surface area contributed by atoms with E-state index in [-0.39, 0.29) is 18.8 Å². The number of carboxylic acid groups (broad SMARTS) is 3. The highest BCUT2D eigenvalue weighted by Gasteiger charge is 2.31. The van der Waals surface area contributed by atoms with Crippen molar-refractivity contribution in [1.82, 2.24) is 26.6 Å². The van der Waals surface area contributed by atoms with E-state index < -0.39 is 103 Å². The molecular formula is C30H44N6O11. The van der Waals surface area contributed by atoms with Crippen molar-refractivity contribution < 1.29 is 53.7 Å². The third kappa shape index (κ3) is 15.2. The van der Waals surface area contributed by atoms with Gasteiger partial charge in [-0.1, -0.05) is 44.2 Å². The fraction of sp³-hybridized carbons (Fsp3) is 0.533. The summed E-state index contributed by atoms with van der Waals surface area (Å²) in [5.74, 6) is -8.30. The summed E-state index contributed by atoms with van der Waals surface area (Å²) >= 11 is 0. The third-order valence-electron chi connectivity index (χ3n) is 6.75. The molecule has 1 aromatic rings. The highest BCUT2D eigenvalue weighted by atomic mass is 16.4. The zero-order valence-corrected chi connectivity index (χ0v) is 26.6. The predicted octanol–water partition coefficient (Wildman–Crippen LogP) is -1.51. The molecule has 0 aliphatic carbocycles. The van der Waals surface area contributed by atoms with Crippen molar-refractivity contribution >= 4 is 47.4 Å². The summed E-state index contributed by atoms with van der Waals surface area (Å²) in [6.45, 7) is 6.17. The number of nitrogens with two attached hydrogens (primary N) is 1. The normalized spacial score (nSPS) is 14.7. The number of rotatable bonds is 20. The fourth-order valence-electron chi connectivity index (χ4n) is 4.20. The van der Waals surface area contributed by atoms with Gasteiger partial charge in [-0.2, -0.15) is 0 Å². The Labute approximate surface area is 271 Å². The van der Waals surface area contributed by atoms with Gasteiger partial charge < -0.3 is 47.6 Å². The van der Waals surface area contributed by atoms with Crippen LogP contribution in [0.2, 0.25) is 0 Å². The summed E-state index contributed by atoms with van der Waals surface area (Å²) in [4.78, 5) is 97.8. The number of hydrogen-bond donors (Lipinski definition) is 9. The third-order valence-corrected chi connectivity index (χ3v) is 6.75. The lowest BCUT2D eigenvalue weighted by atomic mass is 10.0. The van der Waals surface area contributed by atoms with E-state index in [2.05, 4.69) is 26.6 Å². The maximum Gasteiger partial charge on any atom is 0.326 e. The lowest BCUT2D eigenvalue weighted by Crippen LogP contribution is -2.58. The number of amides is 5. The lowest BCUT2D eigenvalue weighted by Gasteiger charge is -2.25. The minimum atomic E-state index is -1.52. The Balaban J connectivity index is 2.96. The Morgan fingerprint density at radius 1 is 0.638 bits per heavy atom. The Kier molecular flexibility index (Phi) is 16.5. The maximum absolute atomic E-state index is 13.2. The van der Waals surface area contributed by atoms with E-state index in [9.17, 15) is 43.5 Å². The smallest absolute Gasteiger partial charge is 0.326 e. The Morgan fingerprint density at radius 3 is 1.64 bits per heavy atom. The molecular weight excluding hydrogens is 620 g/mol. The van der Waals surface area contributed by atoms with Crippen LogP contribution in [-0.2, 0) is 44.8 Å². The van der Waals surface area contributed by atoms with E-state index in [1.54, 1.807) is 44.2 Å². The van der Waals surface area contributed by atoms with Crippen LogP contribution in [0.5, 0.6) is 0 Å². The minimum absolute atomic E-state index is 0.0130. The molecule has 17 nitrogen and oxygen atoms in total. The first-order chi connectivity index (χ1) is 21.9. The summed E-state index contributed by atoms with van der Waals surface area (Å²) in [6.07, 6.45) is -1.53. The summed E-state index contributed by atoms with van der Waals surface area (Å²) in [7, 11) is 0. The number of nitrogens with one attached hydrogen (secondary N) is 5. The zero-order valence-electron chi connectivity index (χ0n) is 26.6. The summed E-state index contributed by atoms with van der Waals surface area (Å²) in [6, 6.07) is 0.709. The first kappa shape index (κ1) is 40.0. The van der Waals surface area contributed by atoms with Crippen molar-refractivity contribution in [2.75, 3.05) is 0 Å². The second-order valence-electron chi connectivity index (χ2n) is 11.4. The number of carbonyl (C=O) groups is 8. The molecule has 6 atom stereocenters. The summed E-state index contributed by atoms with van der Waals surface area (Å²) < 4.78 is 0. The fourth-order valence-corrected chi connectivity index (χ4v) is 4.20. The van der Waals surface area contributed by atoms with Crippen LogP contribution in [0.15, 0.2) is 30.3 Å². The standard InChI is InChI=1S/C30H44N6O11/c1-15(2)12-22(30(46)47)36-29(45)21(13-18-8-6-5-7-9-18)35-26(42)17(4)32-25(41)16(3)33-28(44)20(10-11-23(37)38)34-27(43)19(31)14-24(39)40/h5-9,15-17,19-22H,10-14,31H2,1-4H3,(H,32,41)(H,33,44)(H,34,43)(H,35,42)(H,36,45)(H,37,38)(H,39,40)(H,46,47)/t16-,17-,19-,20-,21-,22-/m0/s1. The topological polar surface area (TPSA) is 283 Å². The predicted molar refractivity (Wildman–Crippen MR) is 165 cm³/mol. The molecule has 5 amide bonds. The van der Waals surface area contributed by atoms with Crippen LogP contribution in [-0.4, -0.2) is 99.0 Å². The largest absolute Gasteiger partial charge is 0.481 e. The Bertz CT molecular complexity index is 1290. The average Bonchev–Trinajstić information content (AvgIpc) is 2.97. The highest BCUT2D eigenvalue weighted by molar-refractivity contribution is 5.96. The number of aliphatic carboxylic acids is 3. The van der Waals surface area contributed by atoms with Crippen molar-refractivity contribution in [3.63, 3.8) is 0 Å². The van der Waals surface area contributed by atoms with Gasteiger partial charge in [0.15, 0.2) is 0 Å². The lowest BCUT2D eigenvalue weighted by molar-refractivity contribution is -0.143. The number of carboxylic acids is 3. The molecule has 0 saturated heterocycles. The van der Waals surface area contributed by atoms with Crippen molar-refractivity contribution in [2.24, 2.45) is 11.7 Å². The van der Waals surface area contributed by atoms with Gasteiger partial charge in [-0.15, -0.1) is 0 Å². The molecule has 260 valence electrons. The van der Waals surface area contributed by atoms with E-state index in [0.29, 0.717) is 5.56 Å². The second-order valence-corrected chi connectivity index (χ2v) is 11.4. The SMILES string of the molecule is CC(C)C[C@H](NC(=O)[C@H](Cc1ccccc1)NC(=O)[C@H](C)NC(=O)[C@H](C)NC(=O)[C@H](CCC(=O)O)NC(=O)[C@@H](N)CC(=O)O)C(=O)O. The molecule has 0 aliphatic heterocycles. The van der Waals surface area contributed by atoms with Gasteiger partial charge in [0, 0.05) is 12.8 Å². The van der Waals surface area contributed by atoms with Crippen molar-refractivity contribution in [1.29, 1.82) is 0 Å². The van der Waals surface area contributed by atoms with Crippen LogP contribution in [0.1, 0.15) is 58.9 Å². The first-order valence-electron chi connectivity index (χ1n) is 14.9. The Hall–Kier alpha value is -5.06. The molecule has 0 radical (unpaired) electrons. The van der Waals surface area contributed by atoms with Gasteiger partial charge in [0.2, 0.25) is 29.5 Å². The molecule has 0 heterocycles. The molecule has 17 heteroatoms. The van der Waals surface area contributed by atoms with Gasteiger partial charge in [0.25, 0.3) is 0 Å². The molecule has 0 spiro atoms. The number of hydrogen-bond acceptors (Lipinski definition) is 9. The number of carbonyl (C=O) groups excluding carboxylic acids is 5. The van der Waals surface area contributed by atoms with Crippen LogP contribution in [0.4, 0.5) is 0 Å². The van der Waals surface area contributed by atoms with Crippen LogP contribution in [0.3, 0.4) is 0 Å².